The van der Waals surface area contributed by atoms with Gasteiger partial charge in [0, 0.05) is 6.42 Å². The second-order valence-corrected chi connectivity index (χ2v) is 8.91. The highest BCUT2D eigenvalue weighted by atomic mass is 16.6. The molecular weight excluding hydrogens is 490 g/mol. The fraction of sp³-hybridized carbons (Fsp3) is 0.321. The lowest BCUT2D eigenvalue weighted by Crippen LogP contribution is -2.32. The molecule has 0 bridgehead atoms. The van der Waals surface area contributed by atoms with Crippen LogP contribution in [0.2, 0.25) is 0 Å². The molecule has 0 saturated carbocycles. The predicted octanol–water partition coefficient (Wildman–Crippen LogP) is 3.72. The van der Waals surface area contributed by atoms with Crippen LogP contribution in [0, 0.1) is 25.2 Å². The Morgan fingerprint density at radius 2 is 1.61 bits per heavy atom. The van der Waals surface area contributed by atoms with E-state index in [1.165, 1.54) is 13.4 Å². The van der Waals surface area contributed by atoms with Gasteiger partial charge in [0.15, 0.2) is 5.69 Å². The van der Waals surface area contributed by atoms with Crippen molar-refractivity contribution < 1.29 is 33.3 Å². The number of hydrogen-bond donors (Lipinski definition) is 0. The Balaban J connectivity index is 1.56. The Labute approximate surface area is 219 Å². The van der Waals surface area contributed by atoms with E-state index in [9.17, 15) is 19.6 Å². The summed E-state index contributed by atoms with van der Waals surface area (Å²) >= 11 is 0. The zero-order valence-electron chi connectivity index (χ0n) is 21.2. The number of nitrogens with zero attached hydrogens (tertiary/aromatic N) is 3. The molecule has 3 aromatic rings. The number of esters is 3. The number of hydrogen-bond acceptors (Lipinski definition) is 9. The van der Waals surface area contributed by atoms with Gasteiger partial charge in [-0.05, 0) is 38.1 Å². The molecule has 1 aliphatic heterocycles. The highest BCUT2D eigenvalue weighted by molar-refractivity contribution is 5.90. The highest BCUT2D eigenvalue weighted by Crippen LogP contribution is 2.33. The Morgan fingerprint density at radius 3 is 2.18 bits per heavy atom. The summed E-state index contributed by atoms with van der Waals surface area (Å²) in [5.41, 5.74) is 3.07. The topological polar surface area (TPSA) is 130 Å². The maximum Gasteiger partial charge on any atom is 0.358 e. The quantitative estimate of drug-likeness (QED) is 0.324. The van der Waals surface area contributed by atoms with Crippen LogP contribution in [-0.2, 0) is 25.4 Å². The zero-order chi connectivity index (χ0) is 27.2. The van der Waals surface area contributed by atoms with Crippen molar-refractivity contribution in [3.8, 4) is 6.07 Å². The fourth-order valence-electron chi connectivity index (χ4n) is 4.12. The summed E-state index contributed by atoms with van der Waals surface area (Å²) in [5, 5.41) is 9.31. The Morgan fingerprint density at radius 1 is 1.00 bits per heavy atom. The number of ether oxygens (including phenoxy) is 4. The summed E-state index contributed by atoms with van der Waals surface area (Å²) in [6.07, 6.45) is -0.877. The number of rotatable bonds is 8. The number of aryl methyl sites for hydroxylation is 2. The minimum atomic E-state index is -0.803. The second-order valence-electron chi connectivity index (χ2n) is 8.91. The third-order valence-corrected chi connectivity index (χ3v) is 6.22. The molecule has 0 N–H and O–H groups in total. The molecular formula is C28H27N3O7. The van der Waals surface area contributed by atoms with Gasteiger partial charge in [-0.15, -0.1) is 0 Å². The summed E-state index contributed by atoms with van der Waals surface area (Å²) in [7, 11) is 1.22. The molecule has 0 aliphatic carbocycles. The minimum absolute atomic E-state index is 0.0000916. The summed E-state index contributed by atoms with van der Waals surface area (Å²) in [5.74, 6) is -1.77. The molecule has 4 rings (SSSR count). The van der Waals surface area contributed by atoms with Crippen LogP contribution in [0.3, 0.4) is 0 Å². The predicted molar refractivity (Wildman–Crippen MR) is 133 cm³/mol. The Bertz CT molecular complexity index is 1360. The number of nitriles is 1. The molecule has 10 nitrogen and oxygen atoms in total. The second kappa shape index (κ2) is 11.7. The van der Waals surface area contributed by atoms with Gasteiger partial charge in [-0.2, -0.15) is 5.26 Å². The summed E-state index contributed by atoms with van der Waals surface area (Å²) in [6, 6.07) is 15.9. The monoisotopic (exact) mass is 517 g/mol. The van der Waals surface area contributed by atoms with Gasteiger partial charge >= 0.3 is 17.9 Å². The van der Waals surface area contributed by atoms with Crippen LogP contribution in [0.4, 0.5) is 0 Å². The Hall–Kier alpha value is -4.49. The first kappa shape index (κ1) is 26.6. The number of carbonyl (C=O) groups is 3. The molecule has 0 unspecified atom stereocenters. The third-order valence-electron chi connectivity index (χ3n) is 6.22. The fourth-order valence-corrected chi connectivity index (χ4v) is 4.12. The minimum Gasteiger partial charge on any atom is -0.464 e. The van der Waals surface area contributed by atoms with Crippen molar-refractivity contribution in [1.82, 2.24) is 9.55 Å². The van der Waals surface area contributed by atoms with Crippen molar-refractivity contribution in [3.63, 3.8) is 0 Å². The van der Waals surface area contributed by atoms with Crippen LogP contribution in [0.25, 0.3) is 0 Å². The molecule has 0 amide bonds. The van der Waals surface area contributed by atoms with Gasteiger partial charge in [0.05, 0.1) is 42.7 Å². The van der Waals surface area contributed by atoms with Crippen molar-refractivity contribution in [2.45, 2.75) is 45.1 Å². The lowest BCUT2D eigenvalue weighted by molar-refractivity contribution is -0.0576. The van der Waals surface area contributed by atoms with Crippen molar-refractivity contribution in [1.29, 1.82) is 5.26 Å². The van der Waals surface area contributed by atoms with E-state index in [1.807, 2.05) is 19.9 Å². The van der Waals surface area contributed by atoms with E-state index in [2.05, 4.69) is 4.98 Å². The number of methoxy groups -OCH3 is 1. The van der Waals surface area contributed by atoms with Gasteiger partial charge in [-0.3, -0.25) is 0 Å². The van der Waals surface area contributed by atoms with Crippen LogP contribution < -0.4 is 0 Å². The van der Waals surface area contributed by atoms with Crippen LogP contribution >= 0.6 is 0 Å². The molecule has 1 aromatic heterocycles. The highest BCUT2D eigenvalue weighted by Gasteiger charge is 2.41. The summed E-state index contributed by atoms with van der Waals surface area (Å²) in [6.45, 7) is 3.65. The van der Waals surface area contributed by atoms with Crippen molar-refractivity contribution >= 4 is 17.9 Å². The van der Waals surface area contributed by atoms with E-state index in [0.717, 1.165) is 11.1 Å². The molecule has 38 heavy (non-hydrogen) atoms. The molecule has 2 heterocycles. The van der Waals surface area contributed by atoms with Gasteiger partial charge < -0.3 is 23.5 Å². The number of aromatic nitrogens is 2. The molecule has 1 fully saturated rings. The van der Waals surface area contributed by atoms with E-state index < -0.39 is 36.3 Å². The van der Waals surface area contributed by atoms with Gasteiger partial charge in [-0.25, -0.2) is 19.4 Å². The molecule has 0 radical (unpaired) electrons. The van der Waals surface area contributed by atoms with Crippen LogP contribution in [0.5, 0.6) is 0 Å². The van der Waals surface area contributed by atoms with Gasteiger partial charge in [-0.1, -0.05) is 35.4 Å². The first-order valence-electron chi connectivity index (χ1n) is 12.0. The lowest BCUT2D eigenvalue weighted by Gasteiger charge is -2.19. The van der Waals surface area contributed by atoms with Crippen molar-refractivity contribution in [3.05, 3.63) is 88.5 Å². The number of carbonyl (C=O) groups excluding carboxylic acids is 3. The molecule has 10 heteroatoms. The van der Waals surface area contributed by atoms with Crippen LogP contribution in [0.1, 0.15) is 60.7 Å². The van der Waals surface area contributed by atoms with E-state index in [-0.39, 0.29) is 25.1 Å². The maximum atomic E-state index is 12.9. The van der Waals surface area contributed by atoms with Crippen molar-refractivity contribution in [2.24, 2.45) is 0 Å². The van der Waals surface area contributed by atoms with E-state index in [1.54, 1.807) is 53.1 Å². The summed E-state index contributed by atoms with van der Waals surface area (Å²) < 4.78 is 23.7. The first-order valence-corrected chi connectivity index (χ1v) is 12.0. The van der Waals surface area contributed by atoms with Gasteiger partial charge in [0.2, 0.25) is 0 Å². The van der Waals surface area contributed by atoms with E-state index >= 15 is 0 Å². The molecule has 1 saturated heterocycles. The lowest BCUT2D eigenvalue weighted by atomic mass is 10.1. The van der Waals surface area contributed by atoms with Crippen LogP contribution in [0.15, 0.2) is 54.9 Å². The third kappa shape index (κ3) is 5.90. The molecule has 0 spiro atoms. The normalized spacial score (nSPS) is 18.4. The molecule has 1 aliphatic rings. The molecule has 196 valence electrons. The molecule has 2 aromatic carbocycles. The van der Waals surface area contributed by atoms with Crippen molar-refractivity contribution in [2.75, 3.05) is 13.7 Å². The smallest absolute Gasteiger partial charge is 0.358 e. The van der Waals surface area contributed by atoms with Crippen LogP contribution in [-0.4, -0.2) is 53.4 Å². The number of benzene rings is 2. The molecule has 3 atom stereocenters. The SMILES string of the molecule is COC(=O)c1ncn([C@H]2C[C@H](OC(=O)c3ccc(C)cc3)[C@@H](COC(=O)c3ccc(C)cc3)O2)c1CC#N. The first-order chi connectivity index (χ1) is 18.3. The standard InChI is InChI=1S/C28H27N3O7/c1-17-4-8-19(9-5-17)26(32)36-15-23-22(38-27(33)20-10-6-18(2)7-11-20)14-24(37-23)31-16-30-25(28(34)35-3)21(31)12-13-29/h4-11,16,22-24H,12,14-15H2,1-3H3/t22-,23+,24+/m0/s1. The average Bonchev–Trinajstić information content (AvgIpc) is 3.51. The summed E-state index contributed by atoms with van der Waals surface area (Å²) in [4.78, 5) is 41.7. The maximum absolute atomic E-state index is 12.9. The Kier molecular flexibility index (Phi) is 8.19. The zero-order valence-corrected chi connectivity index (χ0v) is 21.2. The van der Waals surface area contributed by atoms with Gasteiger partial charge in [0.25, 0.3) is 0 Å². The number of imidazole rings is 1. The average molecular weight is 518 g/mol. The van der Waals surface area contributed by atoms with E-state index in [0.29, 0.717) is 16.8 Å². The van der Waals surface area contributed by atoms with Gasteiger partial charge in [0.1, 0.15) is 25.0 Å². The largest absolute Gasteiger partial charge is 0.464 e. The van der Waals surface area contributed by atoms with E-state index in [4.69, 9.17) is 18.9 Å².